The van der Waals surface area contributed by atoms with Crippen molar-refractivity contribution in [2.75, 3.05) is 11.1 Å². The van der Waals surface area contributed by atoms with Crippen molar-refractivity contribution in [3.05, 3.63) is 51.1 Å². The van der Waals surface area contributed by atoms with Gasteiger partial charge < -0.3 is 5.32 Å². The van der Waals surface area contributed by atoms with Gasteiger partial charge in [-0.3, -0.25) is 14.2 Å². The standard InChI is InChI=1S/C15H12ClN3O2S2/c1-19-14(21)13-11(6-7-22-13)18-15(19)23-8-12(20)17-10-4-2-9(16)3-5-10/h2-7H,8H2,1H3,(H,17,20). The van der Waals surface area contributed by atoms with Crippen molar-refractivity contribution in [1.29, 1.82) is 0 Å². The second kappa shape index (κ2) is 6.74. The molecule has 1 N–H and O–H groups in total. The van der Waals surface area contributed by atoms with Crippen LogP contribution in [0.5, 0.6) is 0 Å². The van der Waals surface area contributed by atoms with Crippen LogP contribution in [0.25, 0.3) is 10.2 Å². The first-order chi connectivity index (χ1) is 11.0. The Bertz CT molecular complexity index is 919. The fourth-order valence-corrected chi connectivity index (χ4v) is 3.66. The Balaban J connectivity index is 1.70. The van der Waals surface area contributed by atoms with E-state index in [1.807, 2.05) is 5.38 Å². The molecule has 5 nitrogen and oxygen atoms in total. The molecule has 3 rings (SSSR count). The molecular formula is C15H12ClN3O2S2. The summed E-state index contributed by atoms with van der Waals surface area (Å²) in [6.45, 7) is 0. The summed E-state index contributed by atoms with van der Waals surface area (Å²) in [5, 5.41) is 5.74. The number of benzene rings is 1. The number of fused-ring (bicyclic) bond motifs is 1. The maximum atomic E-state index is 12.2. The van der Waals surface area contributed by atoms with E-state index in [4.69, 9.17) is 11.6 Å². The number of halogens is 1. The summed E-state index contributed by atoms with van der Waals surface area (Å²) >= 11 is 8.40. The van der Waals surface area contributed by atoms with Crippen LogP contribution in [0, 0.1) is 0 Å². The first-order valence-corrected chi connectivity index (χ1v) is 8.91. The van der Waals surface area contributed by atoms with Gasteiger partial charge in [-0.15, -0.1) is 11.3 Å². The molecule has 0 spiro atoms. The van der Waals surface area contributed by atoms with Crippen molar-refractivity contribution in [1.82, 2.24) is 9.55 Å². The molecule has 8 heteroatoms. The van der Waals surface area contributed by atoms with Crippen molar-refractivity contribution in [2.45, 2.75) is 5.16 Å². The van der Waals surface area contributed by atoms with Crippen LogP contribution < -0.4 is 10.9 Å². The highest BCUT2D eigenvalue weighted by Crippen LogP contribution is 2.20. The second-order valence-corrected chi connectivity index (χ2v) is 7.03. The third-order valence-electron chi connectivity index (χ3n) is 3.11. The molecule has 3 aromatic rings. The number of carbonyl (C=O) groups excluding carboxylic acids is 1. The predicted molar refractivity (Wildman–Crippen MR) is 95.7 cm³/mol. The Morgan fingerprint density at radius 2 is 2.09 bits per heavy atom. The zero-order valence-corrected chi connectivity index (χ0v) is 14.5. The monoisotopic (exact) mass is 365 g/mol. The van der Waals surface area contributed by atoms with Crippen molar-refractivity contribution in [3.8, 4) is 0 Å². The van der Waals surface area contributed by atoms with Gasteiger partial charge in [0.1, 0.15) is 4.70 Å². The lowest BCUT2D eigenvalue weighted by atomic mass is 10.3. The minimum atomic E-state index is -0.169. The normalized spacial score (nSPS) is 10.9. The Labute approximate surface area is 145 Å². The van der Waals surface area contributed by atoms with Gasteiger partial charge >= 0.3 is 0 Å². The molecule has 0 aliphatic heterocycles. The van der Waals surface area contributed by atoms with Crippen LogP contribution in [0.3, 0.4) is 0 Å². The third kappa shape index (κ3) is 3.57. The molecule has 0 atom stereocenters. The van der Waals surface area contributed by atoms with Gasteiger partial charge in [-0.1, -0.05) is 23.4 Å². The van der Waals surface area contributed by atoms with E-state index in [2.05, 4.69) is 10.3 Å². The molecule has 0 unspecified atom stereocenters. The maximum absolute atomic E-state index is 12.2. The first-order valence-electron chi connectivity index (χ1n) is 6.67. The fraction of sp³-hybridized carbons (Fsp3) is 0.133. The van der Waals surface area contributed by atoms with Crippen LogP contribution in [-0.2, 0) is 11.8 Å². The van der Waals surface area contributed by atoms with Crippen LogP contribution >= 0.6 is 34.7 Å². The Morgan fingerprint density at radius 1 is 1.35 bits per heavy atom. The average Bonchev–Trinajstić information content (AvgIpc) is 3.00. The van der Waals surface area contributed by atoms with Crippen molar-refractivity contribution >= 4 is 56.5 Å². The van der Waals surface area contributed by atoms with E-state index >= 15 is 0 Å². The summed E-state index contributed by atoms with van der Waals surface area (Å²) in [5.41, 5.74) is 1.25. The number of carbonyl (C=O) groups is 1. The molecule has 0 saturated heterocycles. The molecule has 118 valence electrons. The van der Waals surface area contributed by atoms with Gasteiger partial charge in [0.05, 0.1) is 11.3 Å². The number of hydrogen-bond acceptors (Lipinski definition) is 5. The SMILES string of the molecule is Cn1c(SCC(=O)Nc2ccc(Cl)cc2)nc2ccsc2c1=O. The van der Waals surface area contributed by atoms with Crippen LogP contribution in [0.4, 0.5) is 5.69 Å². The van der Waals surface area contributed by atoms with Gasteiger partial charge in [-0.05, 0) is 35.7 Å². The maximum Gasteiger partial charge on any atom is 0.271 e. The molecule has 0 aliphatic rings. The lowest BCUT2D eigenvalue weighted by Crippen LogP contribution is -2.20. The quantitative estimate of drug-likeness (QED) is 0.568. The molecule has 1 amide bonds. The van der Waals surface area contributed by atoms with Gasteiger partial charge in [-0.25, -0.2) is 4.98 Å². The summed E-state index contributed by atoms with van der Waals surface area (Å²) < 4.78 is 2.10. The smallest absolute Gasteiger partial charge is 0.271 e. The van der Waals surface area contributed by atoms with Crippen molar-refractivity contribution < 1.29 is 4.79 Å². The highest BCUT2D eigenvalue weighted by Gasteiger charge is 2.11. The zero-order valence-electron chi connectivity index (χ0n) is 12.1. The van der Waals surface area contributed by atoms with Gasteiger partial charge in [-0.2, -0.15) is 0 Å². The molecule has 1 aromatic carbocycles. The third-order valence-corrected chi connectivity index (χ3v) is 5.28. The van der Waals surface area contributed by atoms with Crippen LogP contribution in [-0.4, -0.2) is 21.2 Å². The van der Waals surface area contributed by atoms with Crippen LogP contribution in [0.2, 0.25) is 5.02 Å². The van der Waals surface area contributed by atoms with Gasteiger partial charge in [0.25, 0.3) is 5.56 Å². The molecule has 2 aromatic heterocycles. The highest BCUT2D eigenvalue weighted by molar-refractivity contribution is 7.99. The number of aromatic nitrogens is 2. The molecule has 2 heterocycles. The van der Waals surface area contributed by atoms with Gasteiger partial charge in [0, 0.05) is 17.8 Å². The predicted octanol–water partition coefficient (Wildman–Crippen LogP) is 3.38. The molecule has 0 bridgehead atoms. The molecule has 0 saturated carbocycles. The molecular weight excluding hydrogens is 354 g/mol. The first kappa shape index (κ1) is 16.0. The van der Waals surface area contributed by atoms with E-state index in [1.54, 1.807) is 37.4 Å². The zero-order chi connectivity index (χ0) is 16.4. The minimum absolute atomic E-state index is 0.0920. The Morgan fingerprint density at radius 3 is 2.83 bits per heavy atom. The topological polar surface area (TPSA) is 64.0 Å². The van der Waals surface area contributed by atoms with E-state index in [9.17, 15) is 9.59 Å². The average molecular weight is 366 g/mol. The Hall–Kier alpha value is -1.83. The summed E-state index contributed by atoms with van der Waals surface area (Å²) in [6, 6.07) is 8.69. The minimum Gasteiger partial charge on any atom is -0.325 e. The summed E-state index contributed by atoms with van der Waals surface area (Å²) in [7, 11) is 1.66. The number of amides is 1. The molecule has 0 radical (unpaired) electrons. The van der Waals surface area contributed by atoms with E-state index in [0.29, 0.717) is 26.1 Å². The number of nitrogens with one attached hydrogen (secondary N) is 1. The molecule has 0 aliphatic carbocycles. The van der Waals surface area contributed by atoms with Crippen LogP contribution in [0.15, 0.2) is 45.7 Å². The van der Waals surface area contributed by atoms with Gasteiger partial charge in [0.15, 0.2) is 5.16 Å². The molecule has 0 fully saturated rings. The van der Waals surface area contributed by atoms with E-state index in [1.165, 1.54) is 27.7 Å². The number of nitrogens with zero attached hydrogens (tertiary/aromatic N) is 2. The number of anilines is 1. The summed E-state index contributed by atoms with van der Waals surface area (Å²) in [4.78, 5) is 28.6. The largest absolute Gasteiger partial charge is 0.325 e. The number of thioether (sulfide) groups is 1. The van der Waals surface area contributed by atoms with E-state index < -0.39 is 0 Å². The van der Waals surface area contributed by atoms with E-state index in [0.717, 1.165) is 0 Å². The lowest BCUT2D eigenvalue weighted by molar-refractivity contribution is -0.113. The van der Waals surface area contributed by atoms with Gasteiger partial charge in [0.2, 0.25) is 5.91 Å². The van der Waals surface area contributed by atoms with Crippen molar-refractivity contribution in [3.63, 3.8) is 0 Å². The van der Waals surface area contributed by atoms with Crippen molar-refractivity contribution in [2.24, 2.45) is 7.05 Å². The Kier molecular flexibility index (Phi) is 4.70. The highest BCUT2D eigenvalue weighted by atomic mass is 35.5. The fourth-order valence-electron chi connectivity index (χ4n) is 1.96. The molecule has 23 heavy (non-hydrogen) atoms. The summed E-state index contributed by atoms with van der Waals surface area (Å²) in [5.74, 6) is -0.00423. The number of rotatable bonds is 4. The van der Waals surface area contributed by atoms with E-state index in [-0.39, 0.29) is 17.2 Å². The number of hydrogen-bond donors (Lipinski definition) is 1. The lowest BCUT2D eigenvalue weighted by Gasteiger charge is -2.08. The van der Waals surface area contributed by atoms with Crippen LogP contribution in [0.1, 0.15) is 0 Å². The number of thiophene rings is 1. The second-order valence-electron chi connectivity index (χ2n) is 4.74. The summed E-state index contributed by atoms with van der Waals surface area (Å²) in [6.07, 6.45) is 0.